The molecule has 144 valence electrons. The number of hydrogen-bond donors (Lipinski definition) is 3. The quantitative estimate of drug-likeness (QED) is 0.713. The summed E-state index contributed by atoms with van der Waals surface area (Å²) >= 11 is 0. The highest BCUT2D eigenvalue weighted by atomic mass is 16.5. The molecule has 1 aliphatic heterocycles. The Bertz CT molecular complexity index is 843. The van der Waals surface area contributed by atoms with Crippen LogP contribution in [0.25, 0.3) is 0 Å². The van der Waals surface area contributed by atoms with Gasteiger partial charge in [0.25, 0.3) is 5.56 Å². The average molecular weight is 371 g/mol. The van der Waals surface area contributed by atoms with Crippen LogP contribution in [0.3, 0.4) is 0 Å². The van der Waals surface area contributed by atoms with Crippen molar-refractivity contribution >= 4 is 17.5 Å². The van der Waals surface area contributed by atoms with Crippen LogP contribution in [0.5, 0.6) is 5.75 Å². The van der Waals surface area contributed by atoms with Gasteiger partial charge in [-0.25, -0.2) is 4.98 Å². The molecule has 2 aromatic rings. The van der Waals surface area contributed by atoms with E-state index in [9.17, 15) is 9.59 Å². The molecular formula is C19H25N5O3. The Kier molecular flexibility index (Phi) is 6.08. The first kappa shape index (κ1) is 18.9. The summed E-state index contributed by atoms with van der Waals surface area (Å²) in [4.78, 5) is 32.9. The van der Waals surface area contributed by atoms with Crippen molar-refractivity contribution in [2.24, 2.45) is 0 Å². The Morgan fingerprint density at radius 3 is 2.81 bits per heavy atom. The normalized spacial score (nSPS) is 15.3. The van der Waals surface area contributed by atoms with E-state index in [0.717, 1.165) is 31.6 Å². The summed E-state index contributed by atoms with van der Waals surface area (Å²) in [7, 11) is 1.60. The second kappa shape index (κ2) is 8.68. The van der Waals surface area contributed by atoms with Crippen molar-refractivity contribution < 1.29 is 9.53 Å². The molecule has 0 unspecified atom stereocenters. The Balaban J connectivity index is 1.46. The average Bonchev–Trinajstić information content (AvgIpc) is 2.62. The van der Waals surface area contributed by atoms with E-state index >= 15 is 0 Å². The van der Waals surface area contributed by atoms with E-state index in [-0.39, 0.29) is 17.5 Å². The lowest BCUT2D eigenvalue weighted by atomic mass is 10.1. The molecule has 1 fully saturated rings. The largest absolute Gasteiger partial charge is 0.497 e. The second-order valence-electron chi connectivity index (χ2n) is 6.71. The van der Waals surface area contributed by atoms with Gasteiger partial charge in [-0.05, 0) is 31.9 Å². The highest BCUT2D eigenvalue weighted by Crippen LogP contribution is 2.17. The molecule has 1 saturated heterocycles. The van der Waals surface area contributed by atoms with Gasteiger partial charge in [-0.1, -0.05) is 6.07 Å². The van der Waals surface area contributed by atoms with Crippen molar-refractivity contribution in [1.82, 2.24) is 14.9 Å². The monoisotopic (exact) mass is 371 g/mol. The van der Waals surface area contributed by atoms with Gasteiger partial charge in [0.2, 0.25) is 11.9 Å². The number of hydrogen-bond acceptors (Lipinski definition) is 6. The van der Waals surface area contributed by atoms with Gasteiger partial charge in [0.15, 0.2) is 0 Å². The number of carbonyl (C=O) groups is 1. The van der Waals surface area contributed by atoms with Crippen molar-refractivity contribution in [1.29, 1.82) is 0 Å². The summed E-state index contributed by atoms with van der Waals surface area (Å²) in [6.45, 7) is 3.76. The fraction of sp³-hybridized carbons (Fsp3) is 0.421. The van der Waals surface area contributed by atoms with Crippen LogP contribution < -0.4 is 20.9 Å². The molecular weight excluding hydrogens is 346 g/mol. The van der Waals surface area contributed by atoms with Crippen molar-refractivity contribution in [3.63, 3.8) is 0 Å². The van der Waals surface area contributed by atoms with E-state index in [1.54, 1.807) is 20.1 Å². The second-order valence-corrected chi connectivity index (χ2v) is 6.71. The molecule has 1 aromatic heterocycles. The van der Waals surface area contributed by atoms with Crippen LogP contribution in [-0.4, -0.2) is 53.6 Å². The third kappa shape index (κ3) is 5.55. The molecule has 3 rings (SSSR count). The number of nitrogens with zero attached hydrogens (tertiary/aromatic N) is 2. The lowest BCUT2D eigenvalue weighted by molar-refractivity contribution is -0.117. The lowest BCUT2D eigenvalue weighted by Crippen LogP contribution is -2.43. The van der Waals surface area contributed by atoms with Gasteiger partial charge in [-0.2, -0.15) is 0 Å². The maximum absolute atomic E-state index is 12.3. The third-order valence-corrected chi connectivity index (χ3v) is 4.52. The maximum atomic E-state index is 12.3. The van der Waals surface area contributed by atoms with Crippen LogP contribution in [-0.2, 0) is 4.79 Å². The van der Waals surface area contributed by atoms with Gasteiger partial charge in [0.1, 0.15) is 5.75 Å². The molecule has 0 bridgehead atoms. The zero-order valence-corrected chi connectivity index (χ0v) is 15.6. The van der Waals surface area contributed by atoms with Crippen molar-refractivity contribution in [3.8, 4) is 5.75 Å². The molecule has 8 heteroatoms. The Morgan fingerprint density at radius 2 is 2.11 bits per heavy atom. The minimum absolute atomic E-state index is 0.0423. The number of anilines is 2. The number of ether oxygens (including phenoxy) is 1. The zero-order chi connectivity index (χ0) is 19.2. The molecule has 0 radical (unpaired) electrons. The van der Waals surface area contributed by atoms with Crippen LogP contribution in [0.2, 0.25) is 0 Å². The van der Waals surface area contributed by atoms with Crippen molar-refractivity contribution in [2.75, 3.05) is 37.4 Å². The summed E-state index contributed by atoms with van der Waals surface area (Å²) in [6.07, 6.45) is 1.76. The van der Waals surface area contributed by atoms with Crippen molar-refractivity contribution in [2.45, 2.75) is 25.8 Å². The van der Waals surface area contributed by atoms with Gasteiger partial charge in [0.05, 0.1) is 13.7 Å². The van der Waals surface area contributed by atoms with Crippen molar-refractivity contribution in [3.05, 3.63) is 46.4 Å². The number of aryl methyl sites for hydroxylation is 1. The van der Waals surface area contributed by atoms with E-state index in [1.807, 2.05) is 18.2 Å². The molecule has 27 heavy (non-hydrogen) atoms. The SMILES string of the molecule is COc1cccc(NC(=O)CN2CCC(Nc3nc(C)cc(=O)[nH]3)CC2)c1. The molecule has 2 heterocycles. The van der Waals surface area contributed by atoms with Gasteiger partial charge in [0, 0.05) is 42.6 Å². The molecule has 1 aromatic carbocycles. The summed E-state index contributed by atoms with van der Waals surface area (Å²) in [5, 5.41) is 6.18. The smallest absolute Gasteiger partial charge is 0.252 e. The first-order chi connectivity index (χ1) is 13.0. The first-order valence-corrected chi connectivity index (χ1v) is 9.02. The number of aromatic nitrogens is 2. The number of aromatic amines is 1. The Labute approximate surface area is 158 Å². The van der Waals surface area contributed by atoms with Gasteiger partial charge >= 0.3 is 0 Å². The first-order valence-electron chi connectivity index (χ1n) is 9.02. The Morgan fingerprint density at radius 1 is 1.33 bits per heavy atom. The van der Waals surface area contributed by atoms with E-state index in [0.29, 0.717) is 23.9 Å². The van der Waals surface area contributed by atoms with Crippen LogP contribution in [0.15, 0.2) is 35.1 Å². The molecule has 8 nitrogen and oxygen atoms in total. The number of benzene rings is 1. The molecule has 1 amide bonds. The fourth-order valence-electron chi connectivity index (χ4n) is 3.18. The molecule has 0 aliphatic carbocycles. The van der Waals surface area contributed by atoms with Crippen LogP contribution in [0, 0.1) is 6.92 Å². The van der Waals surface area contributed by atoms with Crippen LogP contribution in [0.4, 0.5) is 11.6 Å². The number of likely N-dealkylation sites (tertiary alicyclic amines) is 1. The fourth-order valence-corrected chi connectivity index (χ4v) is 3.18. The topological polar surface area (TPSA) is 99.3 Å². The summed E-state index contributed by atoms with van der Waals surface area (Å²) < 4.78 is 5.17. The van der Waals surface area contributed by atoms with E-state index < -0.39 is 0 Å². The van der Waals surface area contributed by atoms with E-state index in [1.165, 1.54) is 6.07 Å². The third-order valence-electron chi connectivity index (χ3n) is 4.52. The molecule has 0 atom stereocenters. The molecule has 1 aliphatic rings. The van der Waals surface area contributed by atoms with Gasteiger partial charge < -0.3 is 15.4 Å². The number of methoxy groups -OCH3 is 1. The predicted octanol–water partition coefficient (Wildman–Crippen LogP) is 1.60. The standard InChI is InChI=1S/C19H25N5O3/c1-13-10-17(25)23-19(20-13)22-14-6-8-24(9-7-14)12-18(26)21-15-4-3-5-16(11-15)27-2/h3-5,10-11,14H,6-9,12H2,1-2H3,(H,21,26)(H2,20,22,23,25). The predicted molar refractivity (Wildman–Crippen MR) is 104 cm³/mol. The number of piperidine rings is 1. The highest BCUT2D eigenvalue weighted by Gasteiger charge is 2.21. The van der Waals surface area contributed by atoms with Crippen LogP contribution in [0.1, 0.15) is 18.5 Å². The van der Waals surface area contributed by atoms with Gasteiger partial charge in [-0.3, -0.25) is 19.5 Å². The number of amides is 1. The summed E-state index contributed by atoms with van der Waals surface area (Å²) in [5.41, 5.74) is 1.26. The van der Waals surface area contributed by atoms with Gasteiger partial charge in [-0.15, -0.1) is 0 Å². The summed E-state index contributed by atoms with van der Waals surface area (Å²) in [5.74, 6) is 1.18. The molecule has 3 N–H and O–H groups in total. The summed E-state index contributed by atoms with van der Waals surface area (Å²) in [6, 6.07) is 9.01. The number of nitrogens with one attached hydrogen (secondary N) is 3. The maximum Gasteiger partial charge on any atom is 0.252 e. The van der Waals surface area contributed by atoms with Crippen LogP contribution >= 0.6 is 0 Å². The lowest BCUT2D eigenvalue weighted by Gasteiger charge is -2.31. The van der Waals surface area contributed by atoms with E-state index in [4.69, 9.17) is 4.74 Å². The number of rotatable bonds is 6. The number of H-pyrrole nitrogens is 1. The Hall–Kier alpha value is -2.87. The minimum Gasteiger partial charge on any atom is -0.497 e. The minimum atomic E-state index is -0.156. The molecule has 0 saturated carbocycles. The highest BCUT2D eigenvalue weighted by molar-refractivity contribution is 5.92. The molecule has 0 spiro atoms. The van der Waals surface area contributed by atoms with E-state index in [2.05, 4.69) is 25.5 Å². The number of carbonyl (C=O) groups excluding carboxylic acids is 1. The zero-order valence-electron chi connectivity index (χ0n) is 15.6.